The van der Waals surface area contributed by atoms with E-state index in [0.29, 0.717) is 11.6 Å². The van der Waals surface area contributed by atoms with Crippen LogP contribution >= 0.6 is 0 Å². The normalized spacial score (nSPS) is 28.4. The van der Waals surface area contributed by atoms with E-state index in [-0.39, 0.29) is 5.60 Å². The lowest BCUT2D eigenvalue weighted by atomic mass is 9.77. The van der Waals surface area contributed by atoms with Gasteiger partial charge in [0.05, 0.1) is 11.6 Å². The van der Waals surface area contributed by atoms with E-state index in [0.717, 1.165) is 30.1 Å². The molecule has 0 radical (unpaired) electrons. The van der Waals surface area contributed by atoms with Crippen LogP contribution in [0.2, 0.25) is 0 Å². The predicted octanol–water partition coefficient (Wildman–Crippen LogP) is 5.57. The Balaban J connectivity index is 1.31. The first kappa shape index (κ1) is 18.7. The molecule has 3 heterocycles. The second-order valence-electron chi connectivity index (χ2n) is 9.31. The smallest absolute Gasteiger partial charge is 0.123 e. The van der Waals surface area contributed by atoms with Crippen LogP contribution in [0.15, 0.2) is 42.5 Å². The van der Waals surface area contributed by atoms with E-state index in [9.17, 15) is 0 Å². The first-order valence-electron chi connectivity index (χ1n) is 11.2. The number of fused-ring (bicyclic) bond motifs is 2. The van der Waals surface area contributed by atoms with Gasteiger partial charge < -0.3 is 4.74 Å². The Kier molecular flexibility index (Phi) is 4.84. The first-order valence-corrected chi connectivity index (χ1v) is 11.2. The van der Waals surface area contributed by atoms with Gasteiger partial charge in [0.25, 0.3) is 0 Å². The molecule has 0 bridgehead atoms. The summed E-state index contributed by atoms with van der Waals surface area (Å²) in [4.78, 5) is 2.75. The molecule has 2 aromatic carbocycles. The summed E-state index contributed by atoms with van der Waals surface area (Å²) in [7, 11) is 0. The average Bonchev–Trinajstić information content (AvgIpc) is 3.10. The van der Waals surface area contributed by atoms with Crippen molar-refractivity contribution in [2.75, 3.05) is 13.1 Å². The second-order valence-corrected chi connectivity index (χ2v) is 9.31. The zero-order chi connectivity index (χ0) is 19.8. The highest BCUT2D eigenvalue weighted by atomic mass is 16.5. The second kappa shape index (κ2) is 7.50. The van der Waals surface area contributed by atoms with Crippen LogP contribution in [-0.4, -0.2) is 29.6 Å². The monoisotopic (exact) mass is 386 g/mol. The van der Waals surface area contributed by atoms with Crippen molar-refractivity contribution in [1.29, 1.82) is 5.26 Å². The SMILES string of the molecule is CCCC1CCC2CC3(CCN2C1)Cc1cc(-c2ccc(C#N)cc2)ccc1O3. The molecule has 0 amide bonds. The lowest BCUT2D eigenvalue weighted by molar-refractivity contribution is -0.0361. The molecule has 2 saturated heterocycles. The molecule has 1 spiro atoms. The molecule has 2 fully saturated rings. The van der Waals surface area contributed by atoms with Gasteiger partial charge >= 0.3 is 0 Å². The summed E-state index contributed by atoms with van der Waals surface area (Å²) in [6.07, 6.45) is 8.77. The van der Waals surface area contributed by atoms with Crippen LogP contribution in [0.4, 0.5) is 0 Å². The highest BCUT2D eigenvalue weighted by Gasteiger charge is 2.46. The van der Waals surface area contributed by atoms with Gasteiger partial charge in [-0.15, -0.1) is 0 Å². The van der Waals surface area contributed by atoms with Crippen molar-refractivity contribution >= 4 is 0 Å². The molecular weight excluding hydrogens is 356 g/mol. The Morgan fingerprint density at radius 1 is 1.14 bits per heavy atom. The fraction of sp³-hybridized carbons (Fsp3) is 0.500. The van der Waals surface area contributed by atoms with Crippen LogP contribution in [0, 0.1) is 17.2 Å². The third-order valence-electron chi connectivity index (χ3n) is 7.32. The zero-order valence-corrected chi connectivity index (χ0v) is 17.4. The molecule has 0 N–H and O–H groups in total. The van der Waals surface area contributed by atoms with Crippen LogP contribution in [0.5, 0.6) is 5.75 Å². The third kappa shape index (κ3) is 3.55. The minimum absolute atomic E-state index is 0.00435. The summed E-state index contributed by atoms with van der Waals surface area (Å²) >= 11 is 0. The molecule has 0 aromatic heterocycles. The zero-order valence-electron chi connectivity index (χ0n) is 17.4. The fourth-order valence-corrected chi connectivity index (χ4v) is 5.81. The standard InChI is InChI=1S/C26H30N2O/c1-2-3-20-6-10-24-16-26(12-13-28(24)18-20)15-23-14-22(9-11-25(23)29-26)21-7-4-19(17-27)5-8-21/h4-5,7-9,11,14,20,24H,2-3,6,10,12-13,15-16,18H2,1H3. The molecule has 0 saturated carbocycles. The molecule has 29 heavy (non-hydrogen) atoms. The molecule has 3 atom stereocenters. The van der Waals surface area contributed by atoms with Gasteiger partial charge in [-0.25, -0.2) is 0 Å². The summed E-state index contributed by atoms with van der Waals surface area (Å²) in [6.45, 7) is 4.79. The van der Waals surface area contributed by atoms with Crippen LogP contribution in [0.3, 0.4) is 0 Å². The summed E-state index contributed by atoms with van der Waals surface area (Å²) in [6, 6.07) is 17.4. The minimum atomic E-state index is 0.00435. The van der Waals surface area contributed by atoms with Crippen molar-refractivity contribution in [2.24, 2.45) is 5.92 Å². The topological polar surface area (TPSA) is 36.3 Å². The third-order valence-corrected chi connectivity index (χ3v) is 7.32. The maximum absolute atomic E-state index is 9.02. The molecule has 3 nitrogen and oxygen atoms in total. The Morgan fingerprint density at radius 2 is 1.97 bits per heavy atom. The van der Waals surface area contributed by atoms with Crippen molar-refractivity contribution < 1.29 is 4.74 Å². The lowest BCUT2D eigenvalue weighted by Crippen LogP contribution is -2.55. The number of hydrogen-bond donors (Lipinski definition) is 0. The number of piperidine rings is 2. The average molecular weight is 387 g/mol. The summed E-state index contributed by atoms with van der Waals surface area (Å²) in [5, 5.41) is 9.02. The minimum Gasteiger partial charge on any atom is -0.487 e. The van der Waals surface area contributed by atoms with E-state index in [1.54, 1.807) is 0 Å². The van der Waals surface area contributed by atoms with Gasteiger partial charge in [-0.05, 0) is 66.1 Å². The van der Waals surface area contributed by atoms with Gasteiger partial charge in [0, 0.05) is 38.4 Å². The predicted molar refractivity (Wildman–Crippen MR) is 116 cm³/mol. The van der Waals surface area contributed by atoms with Crippen LogP contribution < -0.4 is 4.74 Å². The molecule has 3 unspecified atom stereocenters. The molecule has 150 valence electrons. The van der Waals surface area contributed by atoms with E-state index in [1.807, 2.05) is 24.3 Å². The van der Waals surface area contributed by atoms with Crippen molar-refractivity contribution in [3.63, 3.8) is 0 Å². The number of rotatable bonds is 3. The Morgan fingerprint density at radius 3 is 2.76 bits per heavy atom. The van der Waals surface area contributed by atoms with Gasteiger partial charge in [-0.2, -0.15) is 5.26 Å². The highest BCUT2D eigenvalue weighted by molar-refractivity contribution is 5.67. The van der Waals surface area contributed by atoms with Crippen molar-refractivity contribution in [3.8, 4) is 22.9 Å². The lowest BCUT2D eigenvalue weighted by Gasteiger charge is -2.48. The van der Waals surface area contributed by atoms with Crippen LogP contribution in [0.25, 0.3) is 11.1 Å². The van der Waals surface area contributed by atoms with E-state index in [1.165, 1.54) is 56.3 Å². The van der Waals surface area contributed by atoms with Crippen LogP contribution in [-0.2, 0) is 6.42 Å². The van der Waals surface area contributed by atoms with E-state index in [4.69, 9.17) is 10.00 Å². The summed E-state index contributed by atoms with van der Waals surface area (Å²) in [5.41, 5.74) is 4.44. The van der Waals surface area contributed by atoms with E-state index in [2.05, 4.69) is 36.1 Å². The number of hydrogen-bond acceptors (Lipinski definition) is 3. The molecule has 5 rings (SSSR count). The van der Waals surface area contributed by atoms with Crippen molar-refractivity contribution in [2.45, 2.75) is 63.5 Å². The quantitative estimate of drug-likeness (QED) is 0.691. The molecule has 2 aromatic rings. The van der Waals surface area contributed by atoms with Crippen molar-refractivity contribution in [3.05, 3.63) is 53.6 Å². The highest BCUT2D eigenvalue weighted by Crippen LogP contribution is 2.45. The maximum Gasteiger partial charge on any atom is 0.123 e. The van der Waals surface area contributed by atoms with Gasteiger partial charge in [0.15, 0.2) is 0 Å². The molecule has 3 aliphatic rings. The first-order chi connectivity index (χ1) is 14.2. The summed E-state index contributed by atoms with van der Waals surface area (Å²) < 4.78 is 6.62. The number of ether oxygens (including phenoxy) is 1. The van der Waals surface area contributed by atoms with Gasteiger partial charge in [-0.3, -0.25) is 4.90 Å². The van der Waals surface area contributed by atoms with E-state index >= 15 is 0 Å². The van der Waals surface area contributed by atoms with Gasteiger partial charge in [0.2, 0.25) is 0 Å². The summed E-state index contributed by atoms with van der Waals surface area (Å²) in [5.74, 6) is 1.98. The molecular formula is C26H30N2O. The van der Waals surface area contributed by atoms with Gasteiger partial charge in [0.1, 0.15) is 11.4 Å². The Labute approximate surface area is 174 Å². The van der Waals surface area contributed by atoms with E-state index < -0.39 is 0 Å². The Hall–Kier alpha value is -2.31. The van der Waals surface area contributed by atoms with Gasteiger partial charge in [-0.1, -0.05) is 31.5 Å². The van der Waals surface area contributed by atoms with Crippen molar-refractivity contribution in [1.82, 2.24) is 4.90 Å². The Bertz CT molecular complexity index is 929. The number of benzene rings is 2. The molecule has 3 aliphatic heterocycles. The van der Waals surface area contributed by atoms with Crippen LogP contribution in [0.1, 0.15) is 56.6 Å². The maximum atomic E-state index is 9.02. The largest absolute Gasteiger partial charge is 0.487 e. The number of nitrogens with zero attached hydrogens (tertiary/aromatic N) is 2. The molecule has 0 aliphatic carbocycles. The number of nitriles is 1. The molecule has 3 heteroatoms. The fourth-order valence-electron chi connectivity index (χ4n) is 5.81.